The van der Waals surface area contributed by atoms with Crippen LogP contribution in [0.4, 0.5) is 8.78 Å². The average molecular weight is 405 g/mol. The lowest BCUT2D eigenvalue weighted by atomic mass is 9.78. The molecule has 5 nitrogen and oxygen atoms in total. The van der Waals surface area contributed by atoms with Crippen LogP contribution in [0.2, 0.25) is 0 Å². The maximum Gasteiger partial charge on any atom is 0.338 e. The van der Waals surface area contributed by atoms with Gasteiger partial charge in [0.15, 0.2) is 0 Å². The Kier molecular flexibility index (Phi) is 5.36. The lowest BCUT2D eigenvalue weighted by Gasteiger charge is -2.38. The lowest BCUT2D eigenvalue weighted by molar-refractivity contribution is -0.0934. The van der Waals surface area contributed by atoms with E-state index in [4.69, 9.17) is 0 Å². The van der Waals surface area contributed by atoms with Gasteiger partial charge in [-0.25, -0.2) is 18.6 Å². The number of carbonyl (C=O) groups is 1. The molecule has 2 aliphatic rings. The third-order valence-electron chi connectivity index (χ3n) is 6.99. The number of pyridine rings is 1. The molecule has 2 aromatic heterocycles. The summed E-state index contributed by atoms with van der Waals surface area (Å²) in [7, 11) is 0. The molecule has 0 bridgehead atoms. The van der Waals surface area contributed by atoms with Crippen LogP contribution in [0.1, 0.15) is 67.5 Å². The van der Waals surface area contributed by atoms with E-state index >= 15 is 0 Å². The van der Waals surface area contributed by atoms with Crippen molar-refractivity contribution in [1.82, 2.24) is 14.9 Å². The molecule has 0 spiro atoms. The molecule has 4 rings (SSSR count). The Morgan fingerprint density at radius 3 is 2.66 bits per heavy atom. The zero-order valence-electron chi connectivity index (χ0n) is 17.0. The number of aromatic carboxylic acids is 1. The van der Waals surface area contributed by atoms with Crippen LogP contribution in [0.5, 0.6) is 0 Å². The van der Waals surface area contributed by atoms with Gasteiger partial charge in [-0.3, -0.25) is 0 Å². The fourth-order valence-electron chi connectivity index (χ4n) is 5.25. The van der Waals surface area contributed by atoms with E-state index in [0.29, 0.717) is 22.8 Å². The van der Waals surface area contributed by atoms with Gasteiger partial charge >= 0.3 is 5.97 Å². The second-order valence-corrected chi connectivity index (χ2v) is 8.90. The molecule has 2 fully saturated rings. The van der Waals surface area contributed by atoms with Gasteiger partial charge < -0.3 is 15.0 Å². The number of hydrogen-bond donors (Lipinski definition) is 2. The normalized spacial score (nSPS) is 25.7. The number of carboxylic acids is 1. The summed E-state index contributed by atoms with van der Waals surface area (Å²) in [4.78, 5) is 16.3. The number of hydrogen-bond acceptors (Lipinski definition) is 3. The molecule has 29 heavy (non-hydrogen) atoms. The first kappa shape index (κ1) is 20.3. The smallest absolute Gasteiger partial charge is 0.338 e. The molecule has 0 amide bonds. The van der Waals surface area contributed by atoms with Crippen LogP contribution in [0.3, 0.4) is 0 Å². The number of alkyl halides is 2. The Bertz CT molecular complexity index is 895. The largest absolute Gasteiger partial charge is 0.478 e. The summed E-state index contributed by atoms with van der Waals surface area (Å²) in [6, 6.07) is 3.74. The molecule has 0 radical (unpaired) electrons. The second-order valence-electron chi connectivity index (χ2n) is 8.90. The summed E-state index contributed by atoms with van der Waals surface area (Å²) in [6.07, 6.45) is 5.91. The van der Waals surface area contributed by atoms with E-state index in [-0.39, 0.29) is 24.9 Å². The van der Waals surface area contributed by atoms with Crippen molar-refractivity contribution >= 4 is 17.0 Å². The van der Waals surface area contributed by atoms with Crippen molar-refractivity contribution in [3.63, 3.8) is 0 Å². The molecule has 7 heteroatoms. The fraction of sp³-hybridized carbons (Fsp3) is 0.636. The van der Waals surface area contributed by atoms with Crippen LogP contribution >= 0.6 is 0 Å². The SMILES string of the molecule is Cc1c(C(=O)O)c2cccnc2n1[C@H](C)C1CCC(CNC2CC(F)(F)C2)CC1. The van der Waals surface area contributed by atoms with Gasteiger partial charge in [0.2, 0.25) is 0 Å². The maximum absolute atomic E-state index is 13.0. The summed E-state index contributed by atoms with van der Waals surface area (Å²) in [5.74, 6) is -2.40. The van der Waals surface area contributed by atoms with Gasteiger partial charge in [0.05, 0.1) is 5.56 Å². The Morgan fingerprint density at radius 2 is 2.03 bits per heavy atom. The monoisotopic (exact) mass is 405 g/mol. The van der Waals surface area contributed by atoms with Crippen LogP contribution in [0.25, 0.3) is 11.0 Å². The van der Waals surface area contributed by atoms with Gasteiger partial charge in [-0.15, -0.1) is 0 Å². The number of rotatable bonds is 6. The first-order chi connectivity index (χ1) is 13.8. The van der Waals surface area contributed by atoms with Crippen molar-refractivity contribution in [3.05, 3.63) is 29.6 Å². The minimum Gasteiger partial charge on any atom is -0.478 e. The highest BCUT2D eigenvalue weighted by Crippen LogP contribution is 2.40. The number of halogens is 2. The molecule has 0 aromatic carbocycles. The van der Waals surface area contributed by atoms with E-state index in [2.05, 4.69) is 21.8 Å². The van der Waals surface area contributed by atoms with E-state index in [9.17, 15) is 18.7 Å². The highest BCUT2D eigenvalue weighted by molar-refractivity contribution is 6.04. The number of nitrogens with zero attached hydrogens (tertiary/aromatic N) is 2. The van der Waals surface area contributed by atoms with E-state index in [1.807, 2.05) is 13.0 Å². The number of nitrogens with one attached hydrogen (secondary N) is 1. The van der Waals surface area contributed by atoms with Crippen molar-refractivity contribution in [2.24, 2.45) is 11.8 Å². The molecule has 0 saturated heterocycles. The molecule has 0 unspecified atom stereocenters. The molecule has 2 heterocycles. The van der Waals surface area contributed by atoms with Gasteiger partial charge in [0.1, 0.15) is 5.65 Å². The van der Waals surface area contributed by atoms with E-state index in [1.165, 1.54) is 0 Å². The molecule has 2 aromatic rings. The highest BCUT2D eigenvalue weighted by atomic mass is 19.3. The summed E-state index contributed by atoms with van der Waals surface area (Å²) >= 11 is 0. The third-order valence-corrected chi connectivity index (χ3v) is 6.99. The predicted molar refractivity (Wildman–Crippen MR) is 108 cm³/mol. The highest BCUT2D eigenvalue weighted by Gasteiger charge is 2.45. The van der Waals surface area contributed by atoms with Gasteiger partial charge in [-0.2, -0.15) is 0 Å². The van der Waals surface area contributed by atoms with Crippen LogP contribution < -0.4 is 5.32 Å². The standard InChI is InChI=1S/C22H29F2N3O2/c1-13(27-14(2)19(21(28)29)18-4-3-9-25-20(18)27)16-7-5-15(6-8-16)12-26-17-10-22(23,24)11-17/h3-4,9,13,15-17,26H,5-8,10-12H2,1-2H3,(H,28,29)/t13-,15?,16?/m1/s1. The Morgan fingerprint density at radius 1 is 1.34 bits per heavy atom. The molecule has 158 valence electrons. The zero-order valence-corrected chi connectivity index (χ0v) is 17.0. The fourth-order valence-corrected chi connectivity index (χ4v) is 5.25. The molecular formula is C22H29F2N3O2. The van der Waals surface area contributed by atoms with Crippen molar-refractivity contribution in [3.8, 4) is 0 Å². The summed E-state index contributed by atoms with van der Waals surface area (Å²) in [5.41, 5.74) is 1.84. The van der Waals surface area contributed by atoms with Crippen LogP contribution in [-0.2, 0) is 0 Å². The second kappa shape index (κ2) is 7.67. The number of carboxylic acid groups (broad SMARTS) is 1. The molecule has 2 aliphatic carbocycles. The third kappa shape index (κ3) is 3.89. The van der Waals surface area contributed by atoms with Crippen LogP contribution in [0, 0.1) is 18.8 Å². The zero-order chi connectivity index (χ0) is 20.8. The molecular weight excluding hydrogens is 376 g/mol. The number of fused-ring (bicyclic) bond motifs is 1. The van der Waals surface area contributed by atoms with Crippen molar-refractivity contribution in [2.45, 2.75) is 70.4 Å². The Labute approximate surface area is 169 Å². The van der Waals surface area contributed by atoms with E-state index < -0.39 is 11.9 Å². The summed E-state index contributed by atoms with van der Waals surface area (Å²) < 4.78 is 28.0. The van der Waals surface area contributed by atoms with Gasteiger partial charge in [0.25, 0.3) is 5.92 Å². The maximum atomic E-state index is 13.0. The molecule has 2 N–H and O–H groups in total. The van der Waals surface area contributed by atoms with Gasteiger partial charge in [-0.05, 0) is 70.0 Å². The molecule has 0 aliphatic heterocycles. The van der Waals surface area contributed by atoms with Gasteiger partial charge in [-0.1, -0.05) is 0 Å². The lowest BCUT2D eigenvalue weighted by Crippen LogP contribution is -2.49. The first-order valence-corrected chi connectivity index (χ1v) is 10.6. The summed E-state index contributed by atoms with van der Waals surface area (Å²) in [5, 5.41) is 13.7. The van der Waals surface area contributed by atoms with Crippen molar-refractivity contribution in [2.75, 3.05) is 6.54 Å². The quantitative estimate of drug-likeness (QED) is 0.725. The Hall–Kier alpha value is -2.02. The minimum atomic E-state index is -2.47. The minimum absolute atomic E-state index is 0.0295. The predicted octanol–water partition coefficient (Wildman–Crippen LogP) is 4.80. The number of aromatic nitrogens is 2. The van der Waals surface area contributed by atoms with Crippen molar-refractivity contribution < 1.29 is 18.7 Å². The Balaban J connectivity index is 1.41. The van der Waals surface area contributed by atoms with E-state index in [1.54, 1.807) is 12.3 Å². The topological polar surface area (TPSA) is 67.1 Å². The van der Waals surface area contributed by atoms with Crippen molar-refractivity contribution in [1.29, 1.82) is 0 Å². The van der Waals surface area contributed by atoms with Crippen LogP contribution in [-0.4, -0.2) is 39.1 Å². The molecule has 1 atom stereocenters. The average Bonchev–Trinajstić information content (AvgIpc) is 2.96. The van der Waals surface area contributed by atoms with Crippen LogP contribution in [0.15, 0.2) is 18.3 Å². The van der Waals surface area contributed by atoms with E-state index in [0.717, 1.165) is 43.6 Å². The summed E-state index contributed by atoms with van der Waals surface area (Å²) in [6.45, 7) is 4.84. The molecule has 2 saturated carbocycles. The first-order valence-electron chi connectivity index (χ1n) is 10.6. The van der Waals surface area contributed by atoms with Gasteiger partial charge in [0, 0.05) is 42.2 Å².